The van der Waals surface area contributed by atoms with Crippen molar-refractivity contribution in [1.29, 1.82) is 0 Å². The molecule has 0 aliphatic rings. The van der Waals surface area contributed by atoms with Crippen LogP contribution in [0.4, 0.5) is 0 Å². The summed E-state index contributed by atoms with van der Waals surface area (Å²) in [5.74, 6) is 0. The second kappa shape index (κ2) is 16.5. The molecule has 0 aliphatic carbocycles. The van der Waals surface area contributed by atoms with Crippen molar-refractivity contribution in [1.82, 2.24) is 0 Å². The minimum absolute atomic E-state index is 1.06. The fraction of sp³-hybridized carbons (Fsp3) is 1.00. The van der Waals surface area contributed by atoms with Crippen molar-refractivity contribution in [2.24, 2.45) is 0 Å². The van der Waals surface area contributed by atoms with Crippen molar-refractivity contribution in [2.45, 2.75) is 192 Å². The van der Waals surface area contributed by atoms with E-state index >= 15 is 0 Å². The van der Waals surface area contributed by atoms with E-state index in [1.54, 1.807) is 0 Å². The van der Waals surface area contributed by atoms with Crippen LogP contribution in [0, 0.1) is 0 Å². The third-order valence-electron chi connectivity index (χ3n) is 8.25. The van der Waals surface area contributed by atoms with Gasteiger partial charge in [-0.25, -0.2) is 0 Å². The molecular weight excluding hydrogens is 721 g/mol. The summed E-state index contributed by atoms with van der Waals surface area (Å²) in [6.45, 7) is 53.0. The second-order valence-corrected chi connectivity index (χ2v) is 66.0. The van der Waals surface area contributed by atoms with E-state index in [1.165, 1.54) is 36.3 Å². The maximum Gasteiger partial charge on any atom is 0.311 e. The van der Waals surface area contributed by atoms with E-state index in [-0.39, 0.29) is 0 Å². The first-order chi connectivity index (χ1) is 19.4. The van der Waals surface area contributed by atoms with Gasteiger partial charge in [-0.15, -0.1) is 0 Å². The molecule has 0 radical (unpaired) electrons. The Hall–Kier alpha value is 1.97. The molecule has 0 N–H and O–H groups in total. The maximum absolute atomic E-state index is 7.16. The molecule has 0 heterocycles. The van der Waals surface area contributed by atoms with E-state index in [4.69, 9.17) is 20.6 Å². The van der Waals surface area contributed by atoms with Crippen molar-refractivity contribution in [2.75, 3.05) is 0 Å². The van der Waals surface area contributed by atoms with Gasteiger partial charge in [0.15, 0.2) is 49.9 Å². The third-order valence-corrected chi connectivity index (χ3v) is 43.6. The summed E-state index contributed by atoms with van der Waals surface area (Å²) >= 11 is 0. The van der Waals surface area contributed by atoms with Gasteiger partial charge in [-0.1, -0.05) is 51.4 Å². The lowest BCUT2D eigenvalue weighted by Gasteiger charge is -2.41. The van der Waals surface area contributed by atoms with E-state index < -0.39 is 83.2 Å². The van der Waals surface area contributed by atoms with E-state index in [0.717, 1.165) is 12.1 Å². The first-order valence-electron chi connectivity index (χ1n) is 17.9. The first-order valence-corrected chi connectivity index (χ1v) is 49.6. The van der Waals surface area contributed by atoms with Crippen LogP contribution in [0.3, 0.4) is 0 Å². The molecule has 0 aromatic heterocycles. The molecule has 0 amide bonds. The van der Waals surface area contributed by atoms with Crippen LogP contribution in [0.2, 0.25) is 192 Å². The van der Waals surface area contributed by atoms with Gasteiger partial charge in [-0.3, -0.25) is 0 Å². The molecule has 0 saturated heterocycles. The first kappa shape index (κ1) is 47.0. The lowest BCUT2D eigenvalue weighted by Crippen LogP contribution is -2.54. The van der Waals surface area contributed by atoms with Crippen molar-refractivity contribution in [3.63, 3.8) is 0 Å². The summed E-state index contributed by atoms with van der Waals surface area (Å²) in [6, 6.07) is 9.88. The maximum atomic E-state index is 7.16. The van der Waals surface area contributed by atoms with Crippen molar-refractivity contribution in [3.05, 3.63) is 0 Å². The molecule has 0 saturated carbocycles. The molecule has 272 valence electrons. The normalized spacial score (nSPS) is 15.6. The average molecular weight is 804 g/mol. The lowest BCUT2D eigenvalue weighted by atomic mass is 10.9. The molecule has 15 heteroatoms. The molecule has 0 fully saturated rings. The van der Waals surface area contributed by atoms with Crippen LogP contribution >= 0.6 is 0 Å². The molecule has 0 aromatic rings. The van der Waals surface area contributed by atoms with Gasteiger partial charge in [0.05, 0.1) is 0 Å². The molecule has 0 atom stereocenters. The van der Waals surface area contributed by atoms with E-state index in [0.29, 0.717) is 0 Å². The van der Waals surface area contributed by atoms with Crippen LogP contribution in [0.5, 0.6) is 0 Å². The van der Waals surface area contributed by atoms with Gasteiger partial charge in [0, 0.05) is 16.1 Å². The summed E-state index contributed by atoms with van der Waals surface area (Å²) in [7, 11) is -17.4. The summed E-state index contributed by atoms with van der Waals surface area (Å²) in [4.78, 5) is 0. The minimum Gasteiger partial charge on any atom is -0.456 e. The van der Waals surface area contributed by atoms with Crippen LogP contribution in [0.25, 0.3) is 0 Å². The van der Waals surface area contributed by atoms with Crippen LogP contribution in [-0.2, 0) is 20.6 Å². The van der Waals surface area contributed by atoms with E-state index in [2.05, 4.69) is 144 Å². The zero-order valence-electron chi connectivity index (χ0n) is 34.7. The largest absolute Gasteiger partial charge is 0.456 e. The van der Waals surface area contributed by atoms with Crippen LogP contribution < -0.4 is 0 Å². The molecule has 0 bridgehead atoms. The Balaban J connectivity index is 5.12. The fourth-order valence-corrected chi connectivity index (χ4v) is 57.6. The Morgan fingerprint density at radius 1 is 0.222 bits per heavy atom. The van der Waals surface area contributed by atoms with Gasteiger partial charge in [0.25, 0.3) is 0 Å². The standard InChI is InChI=1S/C30H82O5Si10/c1-36(2,3)23-25-40(11,12)32-44(19,20)34-42(15,16)29-27-38(7,8)31-39(9,10)28-30-43(17,18)35-45(21,22)33-41(13,14)26-24-37(4,5)6/h23-30H2,1-22H3. The zero-order chi connectivity index (χ0) is 36.2. The molecule has 5 nitrogen and oxygen atoms in total. The summed E-state index contributed by atoms with van der Waals surface area (Å²) in [5, 5.41) is 0. The average Bonchev–Trinajstić information content (AvgIpc) is 2.69. The van der Waals surface area contributed by atoms with Gasteiger partial charge < -0.3 is 20.6 Å². The van der Waals surface area contributed by atoms with Crippen LogP contribution in [0.1, 0.15) is 0 Å². The van der Waals surface area contributed by atoms with Crippen molar-refractivity contribution in [3.8, 4) is 0 Å². The summed E-state index contributed by atoms with van der Waals surface area (Å²) in [6.07, 6.45) is 0. The monoisotopic (exact) mass is 802 g/mol. The Bertz CT molecular complexity index is 836. The Kier molecular flexibility index (Phi) is 17.3. The fourth-order valence-electron chi connectivity index (χ4n) is 6.31. The summed E-state index contributed by atoms with van der Waals surface area (Å²) < 4.78 is 35.0. The van der Waals surface area contributed by atoms with Gasteiger partial charge in [-0.2, -0.15) is 0 Å². The van der Waals surface area contributed by atoms with Gasteiger partial charge >= 0.3 is 17.1 Å². The van der Waals surface area contributed by atoms with Gasteiger partial charge in [0.1, 0.15) is 0 Å². The zero-order valence-corrected chi connectivity index (χ0v) is 44.7. The smallest absolute Gasteiger partial charge is 0.311 e. The van der Waals surface area contributed by atoms with E-state index in [1.807, 2.05) is 0 Å². The highest BCUT2D eigenvalue weighted by atomic mass is 28.5. The van der Waals surface area contributed by atoms with Crippen LogP contribution in [0.15, 0.2) is 0 Å². The SMILES string of the molecule is C[Si](C)(C)CC[Si](C)(C)O[Si](C)(C)O[Si](C)(C)CC[Si](C)(C)O[Si](C)(C)CC[Si](C)(C)O[Si](C)(C)O[Si](C)(C)CC[Si](C)(C)C. The molecule has 0 aliphatic heterocycles. The predicted molar refractivity (Wildman–Crippen MR) is 230 cm³/mol. The quantitative estimate of drug-likeness (QED) is 0.102. The Morgan fingerprint density at radius 3 is 0.556 bits per heavy atom. The highest BCUT2D eigenvalue weighted by Gasteiger charge is 2.44. The minimum atomic E-state index is -2.19. The highest BCUT2D eigenvalue weighted by Crippen LogP contribution is 2.33. The van der Waals surface area contributed by atoms with Gasteiger partial charge in [0.2, 0.25) is 0 Å². The Labute approximate surface area is 294 Å². The molecule has 0 rings (SSSR count). The predicted octanol–water partition coefficient (Wildman–Crippen LogP) is 12.4. The third kappa shape index (κ3) is 24.7. The van der Waals surface area contributed by atoms with Crippen molar-refractivity contribution < 1.29 is 20.6 Å². The molecular formula is C30H82O5Si10. The molecule has 45 heavy (non-hydrogen) atoms. The summed E-state index contributed by atoms with van der Waals surface area (Å²) in [5.41, 5.74) is 0. The molecule has 0 aromatic carbocycles. The molecule has 0 spiro atoms. The lowest BCUT2D eigenvalue weighted by molar-refractivity contribution is 0.388. The number of hydrogen-bond acceptors (Lipinski definition) is 5. The van der Waals surface area contributed by atoms with Crippen molar-refractivity contribution >= 4 is 83.2 Å². The van der Waals surface area contributed by atoms with E-state index in [9.17, 15) is 0 Å². The second-order valence-electron chi connectivity index (χ2n) is 21.0. The topological polar surface area (TPSA) is 46.2 Å². The number of rotatable bonds is 22. The number of hydrogen-bond donors (Lipinski definition) is 0. The Morgan fingerprint density at radius 2 is 0.378 bits per heavy atom. The molecule has 0 unspecified atom stereocenters. The highest BCUT2D eigenvalue weighted by molar-refractivity contribution is 6.91. The van der Waals surface area contributed by atoms with Crippen LogP contribution in [-0.4, -0.2) is 83.2 Å². The van der Waals surface area contributed by atoms with Gasteiger partial charge in [-0.05, 0) is 141 Å².